The molecule has 0 saturated carbocycles. The Morgan fingerprint density at radius 2 is 2.18 bits per heavy atom. The van der Waals surface area contributed by atoms with Gasteiger partial charge in [0.2, 0.25) is 0 Å². The maximum atomic E-state index is 4.01. The van der Waals surface area contributed by atoms with E-state index >= 15 is 0 Å². The zero-order chi connectivity index (χ0) is 8.32. The summed E-state index contributed by atoms with van der Waals surface area (Å²) in [4.78, 5) is 3.93. The summed E-state index contributed by atoms with van der Waals surface area (Å²) in [6.07, 6.45) is 4.28. The van der Waals surface area contributed by atoms with Crippen molar-refractivity contribution in [2.24, 2.45) is 0 Å². The lowest BCUT2D eigenvalue weighted by Crippen LogP contribution is -2.18. The molecule has 0 aliphatic rings. The molecule has 0 radical (unpaired) electrons. The highest BCUT2D eigenvalue weighted by Crippen LogP contribution is 2.22. The van der Waals surface area contributed by atoms with Crippen LogP contribution in [0.2, 0.25) is 0 Å². The first-order chi connectivity index (χ1) is 5.17. The Labute approximate surface area is 66.9 Å². The van der Waals surface area contributed by atoms with Crippen LogP contribution in [-0.4, -0.2) is 15.2 Å². The lowest BCUT2D eigenvalue weighted by Gasteiger charge is -2.19. The Morgan fingerprint density at radius 3 is 2.64 bits per heavy atom. The number of hydrogen-bond donors (Lipinski definition) is 0. The van der Waals surface area contributed by atoms with Gasteiger partial charge in [0.05, 0.1) is 11.9 Å². The van der Waals surface area contributed by atoms with Crippen LogP contribution in [0.25, 0.3) is 0 Å². The molecule has 60 valence electrons. The van der Waals surface area contributed by atoms with Gasteiger partial charge in [-0.2, -0.15) is 5.10 Å². The van der Waals surface area contributed by atoms with Crippen molar-refractivity contribution in [3.8, 4) is 0 Å². The molecule has 0 spiro atoms. The molecule has 0 aliphatic heterocycles. The third-order valence-electron chi connectivity index (χ3n) is 2.06. The van der Waals surface area contributed by atoms with Crippen LogP contribution in [-0.2, 0) is 5.41 Å². The molecule has 1 aromatic heterocycles. The van der Waals surface area contributed by atoms with E-state index in [9.17, 15) is 0 Å². The van der Waals surface area contributed by atoms with Gasteiger partial charge < -0.3 is 0 Å². The molecule has 0 N–H and O–H groups in total. The zero-order valence-electron chi connectivity index (χ0n) is 7.20. The number of nitrogens with zero attached hydrogens (tertiary/aromatic N) is 3. The van der Waals surface area contributed by atoms with E-state index in [0.717, 1.165) is 12.1 Å². The van der Waals surface area contributed by atoms with Crippen LogP contribution in [0.1, 0.15) is 32.9 Å². The van der Waals surface area contributed by atoms with Crippen molar-refractivity contribution in [3.63, 3.8) is 0 Å². The lowest BCUT2D eigenvalue weighted by molar-refractivity contribution is 0.480. The first kappa shape index (κ1) is 8.11. The van der Waals surface area contributed by atoms with Gasteiger partial charge in [0.15, 0.2) is 0 Å². The zero-order valence-corrected chi connectivity index (χ0v) is 7.20. The van der Waals surface area contributed by atoms with Crippen molar-refractivity contribution in [1.29, 1.82) is 0 Å². The van der Waals surface area contributed by atoms with E-state index < -0.39 is 0 Å². The average Bonchev–Trinajstić information content (AvgIpc) is 2.06. The van der Waals surface area contributed by atoms with Crippen LogP contribution in [0.5, 0.6) is 0 Å². The molecule has 0 amide bonds. The van der Waals surface area contributed by atoms with Gasteiger partial charge in [-0.1, -0.05) is 20.8 Å². The van der Waals surface area contributed by atoms with Crippen molar-refractivity contribution in [2.75, 3.05) is 0 Å². The van der Waals surface area contributed by atoms with Crippen LogP contribution in [0, 0.1) is 0 Å². The van der Waals surface area contributed by atoms with Crippen molar-refractivity contribution >= 4 is 0 Å². The number of rotatable bonds is 2. The van der Waals surface area contributed by atoms with Crippen LogP contribution in [0.4, 0.5) is 0 Å². The lowest BCUT2D eigenvalue weighted by atomic mass is 9.87. The van der Waals surface area contributed by atoms with Crippen molar-refractivity contribution < 1.29 is 0 Å². The number of aromatic nitrogens is 3. The molecular weight excluding hydrogens is 138 g/mol. The standard InChI is InChI=1S/C8H13N3/c1-4-8(2,3)7-5-9-6-10-11-7/h5-6H,4H2,1-3H3. The molecule has 0 saturated heterocycles. The van der Waals surface area contributed by atoms with Gasteiger partial charge in [0.25, 0.3) is 0 Å². The van der Waals surface area contributed by atoms with Crippen LogP contribution < -0.4 is 0 Å². The maximum Gasteiger partial charge on any atom is 0.138 e. The van der Waals surface area contributed by atoms with E-state index in [1.165, 1.54) is 6.33 Å². The predicted molar refractivity (Wildman–Crippen MR) is 43.1 cm³/mol. The van der Waals surface area contributed by atoms with E-state index in [1.54, 1.807) is 6.20 Å². The molecule has 0 unspecified atom stereocenters. The largest absolute Gasteiger partial charge is 0.241 e. The Balaban J connectivity index is 2.93. The first-order valence-corrected chi connectivity index (χ1v) is 3.80. The highest BCUT2D eigenvalue weighted by atomic mass is 15.1. The summed E-state index contributed by atoms with van der Waals surface area (Å²) >= 11 is 0. The molecule has 1 rings (SSSR count). The van der Waals surface area contributed by atoms with E-state index in [-0.39, 0.29) is 5.41 Å². The van der Waals surface area contributed by atoms with E-state index in [1.807, 2.05) is 0 Å². The Hall–Kier alpha value is -0.990. The van der Waals surface area contributed by atoms with Crippen molar-refractivity contribution in [3.05, 3.63) is 18.2 Å². The van der Waals surface area contributed by atoms with Gasteiger partial charge in [-0.05, 0) is 6.42 Å². The first-order valence-electron chi connectivity index (χ1n) is 3.80. The summed E-state index contributed by atoms with van der Waals surface area (Å²) in [6.45, 7) is 6.41. The fourth-order valence-electron chi connectivity index (χ4n) is 0.739. The van der Waals surface area contributed by atoms with E-state index in [2.05, 4.69) is 36.0 Å². The molecule has 11 heavy (non-hydrogen) atoms. The molecule has 3 nitrogen and oxygen atoms in total. The smallest absolute Gasteiger partial charge is 0.138 e. The third kappa shape index (κ3) is 1.73. The monoisotopic (exact) mass is 151 g/mol. The summed E-state index contributed by atoms with van der Waals surface area (Å²) in [5.41, 5.74) is 1.06. The topological polar surface area (TPSA) is 38.7 Å². The van der Waals surface area contributed by atoms with Crippen molar-refractivity contribution in [2.45, 2.75) is 32.6 Å². The van der Waals surface area contributed by atoms with Gasteiger partial charge in [0, 0.05) is 5.41 Å². The van der Waals surface area contributed by atoms with Crippen LogP contribution in [0.3, 0.4) is 0 Å². The highest BCUT2D eigenvalue weighted by molar-refractivity contribution is 5.06. The molecule has 0 aromatic carbocycles. The fraction of sp³-hybridized carbons (Fsp3) is 0.625. The van der Waals surface area contributed by atoms with E-state index in [4.69, 9.17) is 0 Å². The van der Waals surface area contributed by atoms with Gasteiger partial charge in [-0.25, -0.2) is 4.98 Å². The molecule has 0 aliphatic carbocycles. The summed E-state index contributed by atoms with van der Waals surface area (Å²) in [5.74, 6) is 0. The molecule has 1 aromatic rings. The SMILES string of the molecule is CCC(C)(C)c1cncnn1. The highest BCUT2D eigenvalue weighted by Gasteiger charge is 2.19. The summed E-state index contributed by atoms with van der Waals surface area (Å²) in [6, 6.07) is 0. The maximum absolute atomic E-state index is 4.01. The quantitative estimate of drug-likeness (QED) is 0.643. The summed E-state index contributed by atoms with van der Waals surface area (Å²) in [7, 11) is 0. The molecule has 0 bridgehead atoms. The van der Waals surface area contributed by atoms with Crippen molar-refractivity contribution in [1.82, 2.24) is 15.2 Å². The minimum atomic E-state index is 0.0985. The molecule has 1 heterocycles. The molecular formula is C8H13N3. The normalized spacial score (nSPS) is 11.5. The minimum Gasteiger partial charge on any atom is -0.241 e. The van der Waals surface area contributed by atoms with E-state index in [0.29, 0.717) is 0 Å². The predicted octanol–water partition coefficient (Wildman–Crippen LogP) is 1.56. The molecule has 3 heteroatoms. The number of hydrogen-bond acceptors (Lipinski definition) is 3. The Morgan fingerprint density at radius 1 is 1.45 bits per heavy atom. The summed E-state index contributed by atoms with van der Waals surface area (Å²) in [5, 5.41) is 7.75. The summed E-state index contributed by atoms with van der Waals surface area (Å²) < 4.78 is 0. The average molecular weight is 151 g/mol. The third-order valence-corrected chi connectivity index (χ3v) is 2.06. The van der Waals surface area contributed by atoms with Gasteiger partial charge in [0.1, 0.15) is 6.33 Å². The minimum absolute atomic E-state index is 0.0985. The second-order valence-corrected chi connectivity index (χ2v) is 3.23. The second-order valence-electron chi connectivity index (χ2n) is 3.23. The van der Waals surface area contributed by atoms with Crippen LogP contribution in [0.15, 0.2) is 12.5 Å². The van der Waals surface area contributed by atoms with Gasteiger partial charge >= 0.3 is 0 Å². The second kappa shape index (κ2) is 2.95. The Bertz CT molecular complexity index is 218. The fourth-order valence-corrected chi connectivity index (χ4v) is 0.739. The molecule has 0 fully saturated rings. The van der Waals surface area contributed by atoms with Crippen LogP contribution >= 0.6 is 0 Å². The molecule has 0 atom stereocenters. The van der Waals surface area contributed by atoms with Gasteiger partial charge in [-0.3, -0.25) is 0 Å². The Kier molecular flexibility index (Phi) is 2.17. The van der Waals surface area contributed by atoms with Gasteiger partial charge in [-0.15, -0.1) is 5.10 Å².